The lowest BCUT2D eigenvalue weighted by Gasteiger charge is -2.09. The number of aromatic nitrogens is 2. The maximum Gasteiger partial charge on any atom is 0.304 e. The molecule has 3 N–H and O–H groups in total. The maximum atomic E-state index is 10.5. The molecule has 1 aromatic carbocycles. The van der Waals surface area contributed by atoms with Gasteiger partial charge in [-0.3, -0.25) is 4.79 Å². The Morgan fingerprint density at radius 2 is 2.11 bits per heavy atom. The average Bonchev–Trinajstić information content (AvgIpc) is 2.82. The van der Waals surface area contributed by atoms with Gasteiger partial charge in [-0.2, -0.15) is 5.10 Å². The Morgan fingerprint density at radius 3 is 2.67 bits per heavy atom. The molecular formula is C13H15N3O2. The predicted octanol–water partition coefficient (Wildman–Crippen LogP) is 1.22. The van der Waals surface area contributed by atoms with Gasteiger partial charge in [-0.25, -0.2) is 4.68 Å². The van der Waals surface area contributed by atoms with Crippen molar-refractivity contribution >= 4 is 5.97 Å². The summed E-state index contributed by atoms with van der Waals surface area (Å²) >= 11 is 0. The van der Waals surface area contributed by atoms with Crippen LogP contribution in [0.1, 0.15) is 12.0 Å². The Kier molecular flexibility index (Phi) is 3.74. The topological polar surface area (TPSA) is 81.1 Å². The van der Waals surface area contributed by atoms with Gasteiger partial charge in [-0.1, -0.05) is 12.1 Å². The molecule has 1 heterocycles. The van der Waals surface area contributed by atoms with Gasteiger partial charge in [0.15, 0.2) is 0 Å². The largest absolute Gasteiger partial charge is 0.481 e. The van der Waals surface area contributed by atoms with Crippen LogP contribution in [-0.2, 0) is 11.2 Å². The zero-order valence-corrected chi connectivity index (χ0v) is 9.86. The molecular weight excluding hydrogens is 230 g/mol. The number of hydrogen-bond acceptors (Lipinski definition) is 3. The molecule has 5 heteroatoms. The molecule has 1 unspecified atom stereocenters. The predicted molar refractivity (Wildman–Crippen MR) is 67.5 cm³/mol. The van der Waals surface area contributed by atoms with E-state index in [1.807, 2.05) is 36.5 Å². The summed E-state index contributed by atoms with van der Waals surface area (Å²) in [6, 6.07) is 9.28. The highest BCUT2D eigenvalue weighted by Crippen LogP contribution is 2.10. The van der Waals surface area contributed by atoms with Gasteiger partial charge in [0.25, 0.3) is 0 Å². The van der Waals surface area contributed by atoms with Crippen molar-refractivity contribution in [3.05, 3.63) is 48.3 Å². The Balaban J connectivity index is 2.02. The van der Waals surface area contributed by atoms with Gasteiger partial charge in [0.2, 0.25) is 0 Å². The highest BCUT2D eigenvalue weighted by atomic mass is 16.4. The first-order valence-corrected chi connectivity index (χ1v) is 5.71. The molecule has 94 valence electrons. The fourth-order valence-electron chi connectivity index (χ4n) is 1.81. The Hall–Kier alpha value is -2.14. The second-order valence-corrected chi connectivity index (χ2v) is 4.18. The number of carboxylic acids is 1. The fraction of sp³-hybridized carbons (Fsp3) is 0.231. The second-order valence-electron chi connectivity index (χ2n) is 4.18. The van der Waals surface area contributed by atoms with Gasteiger partial charge in [-0.15, -0.1) is 0 Å². The number of hydrogen-bond donors (Lipinski definition) is 2. The molecule has 0 aliphatic carbocycles. The van der Waals surface area contributed by atoms with Gasteiger partial charge in [0.05, 0.1) is 12.1 Å². The standard InChI is InChI=1S/C13H15N3O2/c14-11(9-13(17)18)8-10-2-4-12(5-3-10)16-7-1-6-15-16/h1-7,11H,8-9,14H2,(H,17,18). The number of rotatable bonds is 5. The molecule has 2 rings (SSSR count). The summed E-state index contributed by atoms with van der Waals surface area (Å²) in [4.78, 5) is 10.5. The van der Waals surface area contributed by atoms with E-state index in [4.69, 9.17) is 10.8 Å². The van der Waals surface area contributed by atoms with Crippen molar-refractivity contribution in [1.29, 1.82) is 0 Å². The molecule has 0 aliphatic heterocycles. The van der Waals surface area contributed by atoms with Crippen LogP contribution in [0.25, 0.3) is 5.69 Å². The second kappa shape index (κ2) is 5.46. The van der Waals surface area contributed by atoms with E-state index in [-0.39, 0.29) is 12.5 Å². The van der Waals surface area contributed by atoms with Crippen LogP contribution in [0, 0.1) is 0 Å². The minimum Gasteiger partial charge on any atom is -0.481 e. The van der Waals surface area contributed by atoms with Gasteiger partial charge in [0.1, 0.15) is 0 Å². The van der Waals surface area contributed by atoms with Crippen LogP contribution in [0.15, 0.2) is 42.7 Å². The number of aliphatic carboxylic acids is 1. The number of nitrogens with zero attached hydrogens (tertiary/aromatic N) is 2. The maximum absolute atomic E-state index is 10.5. The van der Waals surface area contributed by atoms with Gasteiger partial charge in [0, 0.05) is 18.4 Å². The average molecular weight is 245 g/mol. The van der Waals surface area contributed by atoms with Crippen molar-refractivity contribution in [2.75, 3.05) is 0 Å². The molecule has 0 spiro atoms. The molecule has 1 aromatic heterocycles. The molecule has 0 aliphatic rings. The quantitative estimate of drug-likeness (QED) is 0.829. The van der Waals surface area contributed by atoms with Gasteiger partial charge in [-0.05, 0) is 30.2 Å². The van der Waals surface area contributed by atoms with Crippen molar-refractivity contribution < 1.29 is 9.90 Å². The van der Waals surface area contributed by atoms with Crippen LogP contribution in [0.5, 0.6) is 0 Å². The normalized spacial score (nSPS) is 12.3. The minimum absolute atomic E-state index is 0.0130. The number of benzene rings is 1. The Labute approximate surface area is 105 Å². The highest BCUT2D eigenvalue weighted by Gasteiger charge is 2.08. The summed E-state index contributed by atoms with van der Waals surface area (Å²) < 4.78 is 1.76. The van der Waals surface area contributed by atoms with Crippen LogP contribution in [0.4, 0.5) is 0 Å². The fourth-order valence-corrected chi connectivity index (χ4v) is 1.81. The van der Waals surface area contributed by atoms with E-state index in [1.165, 1.54) is 0 Å². The highest BCUT2D eigenvalue weighted by molar-refractivity contribution is 5.67. The van der Waals surface area contributed by atoms with E-state index < -0.39 is 5.97 Å². The molecule has 0 fully saturated rings. The van der Waals surface area contributed by atoms with Crippen molar-refractivity contribution in [1.82, 2.24) is 9.78 Å². The first-order valence-electron chi connectivity index (χ1n) is 5.71. The van der Waals surface area contributed by atoms with Crippen LogP contribution >= 0.6 is 0 Å². The van der Waals surface area contributed by atoms with Gasteiger partial charge >= 0.3 is 5.97 Å². The van der Waals surface area contributed by atoms with E-state index in [9.17, 15) is 4.79 Å². The first-order chi connectivity index (χ1) is 8.65. The summed E-state index contributed by atoms with van der Waals surface area (Å²) in [5.41, 5.74) is 7.74. The molecule has 1 atom stereocenters. The summed E-state index contributed by atoms with van der Waals surface area (Å²) in [6.45, 7) is 0. The zero-order valence-electron chi connectivity index (χ0n) is 9.86. The van der Waals surface area contributed by atoms with E-state index >= 15 is 0 Å². The number of nitrogens with two attached hydrogens (primary N) is 1. The molecule has 0 amide bonds. The molecule has 18 heavy (non-hydrogen) atoms. The van der Waals surface area contributed by atoms with Crippen molar-refractivity contribution in [2.45, 2.75) is 18.9 Å². The number of carboxylic acid groups (broad SMARTS) is 1. The monoisotopic (exact) mass is 245 g/mol. The first kappa shape index (κ1) is 12.3. The molecule has 0 bridgehead atoms. The van der Waals surface area contributed by atoms with Crippen LogP contribution in [0.3, 0.4) is 0 Å². The molecule has 0 radical (unpaired) electrons. The lowest BCUT2D eigenvalue weighted by atomic mass is 10.0. The Bertz CT molecular complexity index is 506. The lowest BCUT2D eigenvalue weighted by molar-refractivity contribution is -0.137. The molecule has 2 aromatic rings. The van der Waals surface area contributed by atoms with Gasteiger partial charge < -0.3 is 10.8 Å². The summed E-state index contributed by atoms with van der Waals surface area (Å²) in [7, 11) is 0. The molecule has 0 saturated carbocycles. The smallest absolute Gasteiger partial charge is 0.304 e. The summed E-state index contributed by atoms with van der Waals surface area (Å²) in [5, 5.41) is 12.8. The third-order valence-corrected chi connectivity index (χ3v) is 2.64. The van der Waals surface area contributed by atoms with Crippen molar-refractivity contribution in [3.8, 4) is 5.69 Å². The number of carbonyl (C=O) groups is 1. The van der Waals surface area contributed by atoms with E-state index in [1.54, 1.807) is 10.9 Å². The third kappa shape index (κ3) is 3.18. The molecule has 5 nitrogen and oxygen atoms in total. The SMILES string of the molecule is NC(CC(=O)O)Cc1ccc(-n2cccn2)cc1. The zero-order chi connectivity index (χ0) is 13.0. The van der Waals surface area contributed by atoms with E-state index in [2.05, 4.69) is 5.10 Å². The third-order valence-electron chi connectivity index (χ3n) is 2.64. The van der Waals surface area contributed by atoms with E-state index in [0.29, 0.717) is 6.42 Å². The molecule has 0 saturated heterocycles. The van der Waals surface area contributed by atoms with Crippen LogP contribution in [-0.4, -0.2) is 26.9 Å². The summed E-state index contributed by atoms with van der Waals surface area (Å²) in [5.74, 6) is -0.865. The Morgan fingerprint density at radius 1 is 1.39 bits per heavy atom. The minimum atomic E-state index is -0.865. The van der Waals surface area contributed by atoms with Crippen LogP contribution < -0.4 is 5.73 Å². The van der Waals surface area contributed by atoms with Crippen molar-refractivity contribution in [3.63, 3.8) is 0 Å². The lowest BCUT2D eigenvalue weighted by Crippen LogP contribution is -2.26. The van der Waals surface area contributed by atoms with E-state index in [0.717, 1.165) is 11.3 Å². The van der Waals surface area contributed by atoms with Crippen molar-refractivity contribution in [2.24, 2.45) is 5.73 Å². The summed E-state index contributed by atoms with van der Waals surface area (Å²) in [6.07, 6.45) is 4.13. The van der Waals surface area contributed by atoms with Crippen LogP contribution in [0.2, 0.25) is 0 Å².